The molecule has 0 unspecified atom stereocenters. The van der Waals surface area contributed by atoms with Crippen molar-refractivity contribution in [3.8, 4) is 0 Å². The Morgan fingerprint density at radius 2 is 2.18 bits per heavy atom. The molecular weight excluding hydrogens is 224 g/mol. The molecule has 3 N–H and O–H groups in total. The number of methoxy groups -OCH3 is 1. The largest absolute Gasteiger partial charge is 0.465 e. The topological polar surface area (TPSA) is 91.7 Å². The molecule has 0 aromatic carbocycles. The van der Waals surface area contributed by atoms with E-state index in [4.69, 9.17) is 10.2 Å². The van der Waals surface area contributed by atoms with E-state index in [1.807, 2.05) is 0 Å². The normalized spacial score (nSPS) is 11.1. The lowest BCUT2D eigenvalue weighted by molar-refractivity contribution is 0.0600. The summed E-state index contributed by atoms with van der Waals surface area (Å²) in [6.07, 6.45) is 1.50. The lowest BCUT2D eigenvalue weighted by Crippen LogP contribution is -2.43. The second-order valence-electron chi connectivity index (χ2n) is 3.89. The minimum atomic E-state index is -0.947. The highest BCUT2D eigenvalue weighted by Gasteiger charge is 2.25. The second kappa shape index (κ2) is 5.60. The number of ether oxygens (including phenoxy) is 1. The zero-order chi connectivity index (χ0) is 12.9. The maximum atomic E-state index is 11.5. The van der Waals surface area contributed by atoms with Crippen LogP contribution in [0.4, 0.5) is 5.82 Å². The minimum absolute atomic E-state index is 0.253. The van der Waals surface area contributed by atoms with Crippen molar-refractivity contribution < 1.29 is 19.7 Å². The van der Waals surface area contributed by atoms with Crippen molar-refractivity contribution >= 4 is 11.8 Å². The van der Waals surface area contributed by atoms with E-state index in [1.54, 1.807) is 19.1 Å². The fraction of sp³-hybridized carbons (Fsp3) is 0.455. The van der Waals surface area contributed by atoms with Gasteiger partial charge in [0, 0.05) is 6.20 Å². The average Bonchev–Trinajstić information content (AvgIpc) is 2.38. The highest BCUT2D eigenvalue weighted by atomic mass is 16.5. The van der Waals surface area contributed by atoms with Crippen molar-refractivity contribution in [2.24, 2.45) is 0 Å². The molecular formula is C11H16N2O4. The number of hydrogen-bond donors (Lipinski definition) is 3. The van der Waals surface area contributed by atoms with Crippen molar-refractivity contribution in [1.82, 2.24) is 4.98 Å². The van der Waals surface area contributed by atoms with Gasteiger partial charge in [-0.15, -0.1) is 0 Å². The molecule has 0 amide bonds. The van der Waals surface area contributed by atoms with Crippen LogP contribution in [0.2, 0.25) is 0 Å². The number of rotatable bonds is 5. The van der Waals surface area contributed by atoms with E-state index in [0.717, 1.165) is 0 Å². The van der Waals surface area contributed by atoms with Gasteiger partial charge in [-0.2, -0.15) is 0 Å². The van der Waals surface area contributed by atoms with Crippen LogP contribution in [0.25, 0.3) is 0 Å². The molecule has 0 atom stereocenters. The number of aliphatic hydroxyl groups is 2. The molecule has 0 radical (unpaired) electrons. The monoisotopic (exact) mass is 240 g/mol. The molecule has 17 heavy (non-hydrogen) atoms. The van der Waals surface area contributed by atoms with E-state index < -0.39 is 11.5 Å². The summed E-state index contributed by atoms with van der Waals surface area (Å²) in [5.74, 6) is -0.260. The molecule has 0 bridgehead atoms. The molecule has 0 aliphatic rings. The van der Waals surface area contributed by atoms with Gasteiger partial charge in [-0.05, 0) is 19.1 Å². The van der Waals surface area contributed by atoms with Crippen LogP contribution in [-0.4, -0.2) is 47.0 Å². The number of aliphatic hydroxyl groups excluding tert-OH is 2. The summed E-state index contributed by atoms with van der Waals surface area (Å²) in [6.45, 7) is 1.03. The van der Waals surface area contributed by atoms with E-state index in [0.29, 0.717) is 0 Å². The van der Waals surface area contributed by atoms with Gasteiger partial charge in [-0.3, -0.25) is 0 Å². The summed E-state index contributed by atoms with van der Waals surface area (Å²) in [5, 5.41) is 21.2. The Balaban J connectivity index is 3.02. The summed E-state index contributed by atoms with van der Waals surface area (Å²) >= 11 is 0. The first-order chi connectivity index (χ1) is 8.06. The van der Waals surface area contributed by atoms with Gasteiger partial charge in [0.25, 0.3) is 0 Å². The van der Waals surface area contributed by atoms with Crippen molar-refractivity contribution in [3.05, 3.63) is 23.9 Å². The van der Waals surface area contributed by atoms with Crippen LogP contribution in [0.15, 0.2) is 18.3 Å². The number of aromatic nitrogens is 1. The third kappa shape index (κ3) is 3.15. The van der Waals surface area contributed by atoms with Gasteiger partial charge in [-0.25, -0.2) is 9.78 Å². The molecule has 0 aliphatic heterocycles. The predicted octanol–water partition coefficient (Wildman–Crippen LogP) is 0.0234. The lowest BCUT2D eigenvalue weighted by atomic mass is 10.1. The Kier molecular flexibility index (Phi) is 4.42. The van der Waals surface area contributed by atoms with Crippen LogP contribution in [0, 0.1) is 0 Å². The number of nitrogens with one attached hydrogen (secondary N) is 1. The lowest BCUT2D eigenvalue weighted by Gasteiger charge is -2.27. The molecule has 1 aromatic rings. The van der Waals surface area contributed by atoms with Gasteiger partial charge in [-0.1, -0.05) is 0 Å². The molecule has 6 heteroatoms. The molecule has 6 nitrogen and oxygen atoms in total. The van der Waals surface area contributed by atoms with E-state index in [2.05, 4.69) is 15.0 Å². The third-order valence-electron chi connectivity index (χ3n) is 2.33. The predicted molar refractivity (Wildman–Crippen MR) is 61.8 cm³/mol. The number of carbonyl (C=O) groups excluding carboxylic acids is 1. The van der Waals surface area contributed by atoms with Crippen molar-refractivity contribution in [2.75, 3.05) is 25.6 Å². The number of hydrogen-bond acceptors (Lipinski definition) is 6. The first-order valence-corrected chi connectivity index (χ1v) is 5.09. The Morgan fingerprint density at radius 1 is 1.53 bits per heavy atom. The average molecular weight is 240 g/mol. The molecule has 0 aliphatic carbocycles. The smallest absolute Gasteiger partial charge is 0.341 e. The Labute approximate surface area is 99.3 Å². The highest BCUT2D eigenvalue weighted by molar-refractivity contribution is 5.94. The van der Waals surface area contributed by atoms with Gasteiger partial charge in [0.05, 0.1) is 25.9 Å². The fourth-order valence-corrected chi connectivity index (χ4v) is 1.19. The van der Waals surface area contributed by atoms with Crippen LogP contribution in [0.1, 0.15) is 17.3 Å². The Bertz CT molecular complexity index is 391. The molecule has 0 spiro atoms. The van der Waals surface area contributed by atoms with E-state index in [1.165, 1.54) is 13.3 Å². The van der Waals surface area contributed by atoms with Crippen LogP contribution in [0.3, 0.4) is 0 Å². The van der Waals surface area contributed by atoms with Crippen LogP contribution in [-0.2, 0) is 4.74 Å². The number of nitrogens with zero attached hydrogens (tertiary/aromatic N) is 1. The summed E-state index contributed by atoms with van der Waals surface area (Å²) in [7, 11) is 1.27. The molecule has 1 heterocycles. The molecule has 94 valence electrons. The summed E-state index contributed by atoms with van der Waals surface area (Å²) in [5.41, 5.74) is -0.694. The van der Waals surface area contributed by atoms with Crippen molar-refractivity contribution in [3.63, 3.8) is 0 Å². The second-order valence-corrected chi connectivity index (χ2v) is 3.89. The van der Waals surface area contributed by atoms with E-state index in [9.17, 15) is 4.79 Å². The summed E-state index contributed by atoms with van der Waals surface area (Å²) in [4.78, 5) is 15.5. The zero-order valence-corrected chi connectivity index (χ0v) is 9.80. The number of pyridine rings is 1. The van der Waals surface area contributed by atoms with E-state index in [-0.39, 0.29) is 24.6 Å². The van der Waals surface area contributed by atoms with Gasteiger partial charge in [0.1, 0.15) is 11.4 Å². The Hall–Kier alpha value is -1.66. The fourth-order valence-electron chi connectivity index (χ4n) is 1.19. The molecule has 0 fully saturated rings. The standard InChI is InChI=1S/C11H16N2O4/c1-11(6-14,7-15)13-9-8(10(16)17-2)4-3-5-12-9/h3-5,14-15H,6-7H2,1-2H3,(H,12,13). The maximum absolute atomic E-state index is 11.5. The van der Waals surface area contributed by atoms with Crippen LogP contribution in [0.5, 0.6) is 0 Å². The highest BCUT2D eigenvalue weighted by Crippen LogP contribution is 2.17. The minimum Gasteiger partial charge on any atom is -0.465 e. The molecule has 1 aromatic heterocycles. The number of esters is 1. The SMILES string of the molecule is COC(=O)c1cccnc1NC(C)(CO)CO. The first kappa shape index (κ1) is 13.4. The maximum Gasteiger partial charge on any atom is 0.341 e. The Morgan fingerprint density at radius 3 is 2.71 bits per heavy atom. The van der Waals surface area contributed by atoms with E-state index >= 15 is 0 Å². The number of anilines is 1. The summed E-state index contributed by atoms with van der Waals surface area (Å²) in [6, 6.07) is 3.16. The molecule has 1 rings (SSSR count). The van der Waals surface area contributed by atoms with Gasteiger partial charge in [0.15, 0.2) is 0 Å². The molecule has 0 saturated heterocycles. The van der Waals surface area contributed by atoms with Crippen molar-refractivity contribution in [1.29, 1.82) is 0 Å². The zero-order valence-electron chi connectivity index (χ0n) is 9.80. The van der Waals surface area contributed by atoms with Gasteiger partial charge in [0.2, 0.25) is 0 Å². The quantitative estimate of drug-likeness (QED) is 0.629. The third-order valence-corrected chi connectivity index (χ3v) is 2.33. The van der Waals surface area contributed by atoms with Gasteiger partial charge < -0.3 is 20.3 Å². The first-order valence-electron chi connectivity index (χ1n) is 5.09. The number of carbonyl (C=O) groups is 1. The summed E-state index contributed by atoms with van der Waals surface area (Å²) < 4.78 is 4.61. The van der Waals surface area contributed by atoms with Gasteiger partial charge >= 0.3 is 5.97 Å². The van der Waals surface area contributed by atoms with Crippen LogP contribution < -0.4 is 5.32 Å². The van der Waals surface area contributed by atoms with Crippen LogP contribution >= 0.6 is 0 Å². The molecule has 0 saturated carbocycles. The van der Waals surface area contributed by atoms with Crippen molar-refractivity contribution in [2.45, 2.75) is 12.5 Å².